The lowest BCUT2D eigenvalue weighted by atomic mass is 10.1. The van der Waals surface area contributed by atoms with Crippen LogP contribution in [0.4, 0.5) is 0 Å². The third kappa shape index (κ3) is 3.99. The predicted octanol–water partition coefficient (Wildman–Crippen LogP) is 3.18. The molecule has 1 aliphatic rings. The fourth-order valence-electron chi connectivity index (χ4n) is 3.87. The monoisotopic (exact) mass is 416 g/mol. The summed E-state index contributed by atoms with van der Waals surface area (Å²) < 4.78 is 1.87. The Morgan fingerprint density at radius 1 is 0.935 bits per heavy atom. The van der Waals surface area contributed by atoms with Crippen LogP contribution in [0.1, 0.15) is 50.5 Å². The molecule has 1 N–H and O–H groups in total. The molecule has 158 valence electrons. The van der Waals surface area contributed by atoms with E-state index < -0.39 is 0 Å². The fraction of sp³-hybridized carbons (Fsp3) is 0.250. The molecule has 31 heavy (non-hydrogen) atoms. The number of carbonyl (C=O) groups is 3. The van der Waals surface area contributed by atoms with Gasteiger partial charge in [0.25, 0.3) is 11.8 Å². The summed E-state index contributed by atoms with van der Waals surface area (Å²) in [5.74, 6) is -0.705. The van der Waals surface area contributed by atoms with Gasteiger partial charge in [-0.15, -0.1) is 0 Å². The van der Waals surface area contributed by atoms with E-state index in [1.807, 2.05) is 48.9 Å². The lowest BCUT2D eigenvalue weighted by Crippen LogP contribution is -2.32. The van der Waals surface area contributed by atoms with Gasteiger partial charge in [0.05, 0.1) is 22.5 Å². The number of imide groups is 1. The summed E-state index contributed by atoms with van der Waals surface area (Å²) in [6.07, 6.45) is 0.650. The zero-order valence-electron chi connectivity index (χ0n) is 17.6. The second-order valence-corrected chi connectivity index (χ2v) is 7.58. The zero-order chi connectivity index (χ0) is 22.0. The zero-order valence-corrected chi connectivity index (χ0v) is 17.6. The van der Waals surface area contributed by atoms with Crippen molar-refractivity contribution in [1.29, 1.82) is 0 Å². The Morgan fingerprint density at radius 2 is 1.55 bits per heavy atom. The van der Waals surface area contributed by atoms with E-state index in [4.69, 9.17) is 0 Å². The van der Waals surface area contributed by atoms with Gasteiger partial charge in [-0.05, 0) is 44.5 Å². The van der Waals surface area contributed by atoms with Crippen LogP contribution in [0.15, 0.2) is 54.6 Å². The van der Waals surface area contributed by atoms with E-state index in [1.165, 1.54) is 4.90 Å². The quantitative estimate of drug-likeness (QED) is 0.600. The minimum atomic E-state index is -0.291. The van der Waals surface area contributed by atoms with Crippen LogP contribution in [0.25, 0.3) is 5.69 Å². The minimum absolute atomic E-state index is 0.122. The molecule has 2 heterocycles. The van der Waals surface area contributed by atoms with E-state index in [0.717, 1.165) is 22.6 Å². The van der Waals surface area contributed by atoms with Crippen molar-refractivity contribution >= 4 is 17.7 Å². The average Bonchev–Trinajstić information content (AvgIpc) is 3.20. The lowest BCUT2D eigenvalue weighted by Gasteiger charge is -2.13. The molecule has 0 unspecified atom stereocenters. The summed E-state index contributed by atoms with van der Waals surface area (Å²) in [6, 6.07) is 16.6. The largest absolute Gasteiger partial charge is 0.352 e. The van der Waals surface area contributed by atoms with Crippen LogP contribution in [0.2, 0.25) is 0 Å². The van der Waals surface area contributed by atoms with E-state index in [9.17, 15) is 14.4 Å². The molecule has 4 rings (SSSR count). The molecule has 3 amide bonds. The SMILES string of the molecule is Cc1nn(-c2ccccc2)c(C)c1CNC(=O)CCCN1C(=O)c2ccccc2C1=O. The topological polar surface area (TPSA) is 84.3 Å². The number of fused-ring (bicyclic) bond motifs is 1. The Hall–Kier alpha value is -3.74. The highest BCUT2D eigenvalue weighted by Crippen LogP contribution is 2.22. The second kappa shape index (κ2) is 8.55. The van der Waals surface area contributed by atoms with Crippen molar-refractivity contribution in [2.75, 3.05) is 6.54 Å². The maximum atomic E-state index is 12.4. The second-order valence-electron chi connectivity index (χ2n) is 7.58. The van der Waals surface area contributed by atoms with Crippen LogP contribution >= 0.6 is 0 Å². The van der Waals surface area contributed by atoms with Crippen LogP contribution in [0, 0.1) is 13.8 Å². The van der Waals surface area contributed by atoms with Gasteiger partial charge in [-0.2, -0.15) is 5.10 Å². The van der Waals surface area contributed by atoms with Crippen molar-refractivity contribution in [2.45, 2.75) is 33.2 Å². The summed E-state index contributed by atoms with van der Waals surface area (Å²) in [5.41, 5.74) is 4.67. The molecule has 0 fully saturated rings. The van der Waals surface area contributed by atoms with E-state index in [-0.39, 0.29) is 30.7 Å². The van der Waals surface area contributed by atoms with Gasteiger partial charge in [0.1, 0.15) is 0 Å². The number of hydrogen-bond acceptors (Lipinski definition) is 4. The summed E-state index contributed by atoms with van der Waals surface area (Å²) in [7, 11) is 0. The predicted molar refractivity (Wildman–Crippen MR) is 116 cm³/mol. The summed E-state index contributed by atoms with van der Waals surface area (Å²) in [4.78, 5) is 38.3. The number of rotatable bonds is 7. The molecular weight excluding hydrogens is 392 g/mol. The number of aromatic nitrogens is 2. The normalized spacial score (nSPS) is 12.9. The first-order chi connectivity index (χ1) is 15.0. The van der Waals surface area contributed by atoms with Crippen LogP contribution in [0.3, 0.4) is 0 Å². The van der Waals surface area contributed by atoms with Gasteiger partial charge in [0.15, 0.2) is 0 Å². The van der Waals surface area contributed by atoms with Gasteiger partial charge in [0.2, 0.25) is 5.91 Å². The fourth-order valence-corrected chi connectivity index (χ4v) is 3.87. The number of nitrogens with one attached hydrogen (secondary N) is 1. The number of aryl methyl sites for hydroxylation is 1. The molecule has 0 radical (unpaired) electrons. The van der Waals surface area contributed by atoms with Crippen molar-refractivity contribution in [3.8, 4) is 5.69 Å². The molecule has 1 aliphatic heterocycles. The number of hydrogen-bond donors (Lipinski definition) is 1. The molecule has 0 atom stereocenters. The highest BCUT2D eigenvalue weighted by atomic mass is 16.2. The van der Waals surface area contributed by atoms with E-state index in [1.54, 1.807) is 24.3 Å². The van der Waals surface area contributed by atoms with Gasteiger partial charge < -0.3 is 5.32 Å². The molecule has 7 heteroatoms. The summed E-state index contributed by atoms with van der Waals surface area (Å²) in [6.45, 7) is 4.52. The van der Waals surface area contributed by atoms with Crippen molar-refractivity contribution < 1.29 is 14.4 Å². The standard InChI is InChI=1S/C24H24N4O3/c1-16-21(17(2)28(26-16)18-9-4-3-5-10-18)15-25-22(29)13-8-14-27-23(30)19-11-6-7-12-20(19)24(27)31/h3-7,9-12H,8,13-15H2,1-2H3,(H,25,29). The number of benzene rings is 2. The van der Waals surface area contributed by atoms with Crippen LogP contribution in [0.5, 0.6) is 0 Å². The van der Waals surface area contributed by atoms with Gasteiger partial charge in [-0.1, -0.05) is 30.3 Å². The van der Waals surface area contributed by atoms with E-state index >= 15 is 0 Å². The van der Waals surface area contributed by atoms with Crippen LogP contribution in [-0.4, -0.2) is 38.9 Å². The Bertz CT molecular complexity index is 1120. The molecule has 0 saturated carbocycles. The number of carbonyl (C=O) groups excluding carboxylic acids is 3. The highest BCUT2D eigenvalue weighted by Gasteiger charge is 2.34. The molecule has 0 bridgehead atoms. The number of nitrogens with zero attached hydrogens (tertiary/aromatic N) is 3. The lowest BCUT2D eigenvalue weighted by molar-refractivity contribution is -0.121. The molecule has 7 nitrogen and oxygen atoms in total. The first-order valence-electron chi connectivity index (χ1n) is 10.3. The van der Waals surface area contributed by atoms with Crippen molar-refractivity contribution in [3.63, 3.8) is 0 Å². The van der Waals surface area contributed by atoms with Gasteiger partial charge in [-0.3, -0.25) is 19.3 Å². The van der Waals surface area contributed by atoms with Gasteiger partial charge >= 0.3 is 0 Å². The molecule has 1 aromatic heterocycles. The molecular formula is C24H24N4O3. The molecule has 2 aromatic carbocycles. The first-order valence-corrected chi connectivity index (χ1v) is 10.3. The third-order valence-corrected chi connectivity index (χ3v) is 5.57. The van der Waals surface area contributed by atoms with Crippen LogP contribution < -0.4 is 5.32 Å². The van der Waals surface area contributed by atoms with Crippen molar-refractivity contribution in [2.24, 2.45) is 0 Å². The maximum Gasteiger partial charge on any atom is 0.261 e. The van der Waals surface area contributed by atoms with Gasteiger partial charge in [0, 0.05) is 30.8 Å². The van der Waals surface area contributed by atoms with Crippen LogP contribution in [-0.2, 0) is 11.3 Å². The molecule has 3 aromatic rings. The van der Waals surface area contributed by atoms with Gasteiger partial charge in [-0.25, -0.2) is 4.68 Å². The summed E-state index contributed by atoms with van der Waals surface area (Å²) in [5, 5.41) is 7.52. The van der Waals surface area contributed by atoms with E-state index in [0.29, 0.717) is 24.1 Å². The Kier molecular flexibility index (Phi) is 5.66. The Morgan fingerprint density at radius 3 is 2.19 bits per heavy atom. The Balaban J connectivity index is 1.30. The first kappa shape index (κ1) is 20.5. The van der Waals surface area contributed by atoms with E-state index in [2.05, 4.69) is 10.4 Å². The Labute approximate surface area is 180 Å². The smallest absolute Gasteiger partial charge is 0.261 e. The number of amides is 3. The van der Waals surface area contributed by atoms with Crippen molar-refractivity contribution in [1.82, 2.24) is 20.0 Å². The maximum absolute atomic E-state index is 12.4. The third-order valence-electron chi connectivity index (χ3n) is 5.57. The highest BCUT2D eigenvalue weighted by molar-refractivity contribution is 6.21. The molecule has 0 saturated heterocycles. The minimum Gasteiger partial charge on any atom is -0.352 e. The average molecular weight is 416 g/mol. The van der Waals surface area contributed by atoms with Crippen molar-refractivity contribution in [3.05, 3.63) is 82.7 Å². The molecule has 0 spiro atoms. The number of para-hydroxylation sites is 1. The molecule has 0 aliphatic carbocycles. The summed E-state index contributed by atoms with van der Waals surface area (Å²) >= 11 is 0.